The Labute approximate surface area is 135 Å². The van der Waals surface area contributed by atoms with Crippen LogP contribution in [-0.4, -0.2) is 0 Å². The first-order chi connectivity index (χ1) is 10.1. The lowest BCUT2D eigenvalue weighted by Gasteiger charge is -2.20. The maximum atomic E-state index is 3.75. The molecule has 105 valence electrons. The van der Waals surface area contributed by atoms with Gasteiger partial charge in [-0.1, -0.05) is 81.7 Å². The van der Waals surface area contributed by atoms with Crippen LogP contribution in [0.5, 0.6) is 0 Å². The SMILES string of the molecule is Cc1ccc(C2=C(c3cccc(C)c3)[CH]CC=C2Br)cc1. The molecule has 0 saturated carbocycles. The Balaban J connectivity index is 2.18. The maximum Gasteiger partial charge on any atom is 0.0217 e. The predicted octanol–water partition coefficient (Wildman–Crippen LogP) is 6.10. The average Bonchev–Trinajstić information content (AvgIpc) is 2.48. The van der Waals surface area contributed by atoms with E-state index >= 15 is 0 Å². The van der Waals surface area contributed by atoms with Crippen LogP contribution in [0.4, 0.5) is 0 Å². The van der Waals surface area contributed by atoms with Crippen LogP contribution in [0, 0.1) is 20.3 Å². The van der Waals surface area contributed by atoms with Gasteiger partial charge in [0.15, 0.2) is 0 Å². The predicted molar refractivity (Wildman–Crippen MR) is 95.1 cm³/mol. The van der Waals surface area contributed by atoms with E-state index in [1.54, 1.807) is 0 Å². The highest BCUT2D eigenvalue weighted by Crippen LogP contribution is 2.40. The third-order valence-corrected chi connectivity index (χ3v) is 4.52. The molecule has 21 heavy (non-hydrogen) atoms. The van der Waals surface area contributed by atoms with E-state index in [1.807, 2.05) is 0 Å². The molecule has 0 N–H and O–H groups in total. The van der Waals surface area contributed by atoms with Gasteiger partial charge >= 0.3 is 0 Å². The summed E-state index contributed by atoms with van der Waals surface area (Å²) in [5, 5.41) is 0. The van der Waals surface area contributed by atoms with Crippen molar-refractivity contribution in [3.8, 4) is 0 Å². The first-order valence-electron chi connectivity index (χ1n) is 7.23. The molecule has 1 heteroatoms. The molecule has 0 fully saturated rings. The van der Waals surface area contributed by atoms with Crippen molar-refractivity contribution in [1.82, 2.24) is 0 Å². The summed E-state index contributed by atoms with van der Waals surface area (Å²) in [7, 11) is 0. The number of halogens is 1. The second kappa shape index (κ2) is 6.03. The Morgan fingerprint density at radius 2 is 1.62 bits per heavy atom. The van der Waals surface area contributed by atoms with E-state index in [1.165, 1.54) is 37.9 Å². The Bertz CT molecular complexity index is 718. The van der Waals surface area contributed by atoms with Gasteiger partial charge in [-0.05, 0) is 49.0 Å². The molecule has 0 spiro atoms. The number of allylic oxidation sites excluding steroid dienone is 4. The minimum atomic E-state index is 0.971. The van der Waals surface area contributed by atoms with Crippen molar-refractivity contribution < 1.29 is 0 Å². The van der Waals surface area contributed by atoms with Crippen LogP contribution in [0.2, 0.25) is 0 Å². The fraction of sp³-hybridized carbons (Fsp3) is 0.150. The molecule has 0 unspecified atom stereocenters. The fourth-order valence-electron chi connectivity index (χ4n) is 2.70. The van der Waals surface area contributed by atoms with Gasteiger partial charge in [-0.15, -0.1) is 0 Å². The van der Waals surface area contributed by atoms with Crippen LogP contribution in [0.1, 0.15) is 28.7 Å². The van der Waals surface area contributed by atoms with E-state index in [4.69, 9.17) is 0 Å². The first kappa shape index (κ1) is 14.3. The summed E-state index contributed by atoms with van der Waals surface area (Å²) >= 11 is 3.75. The summed E-state index contributed by atoms with van der Waals surface area (Å²) in [5.41, 5.74) is 7.73. The number of aryl methyl sites for hydroxylation is 2. The molecule has 2 aromatic carbocycles. The summed E-state index contributed by atoms with van der Waals surface area (Å²) in [6.07, 6.45) is 5.52. The van der Waals surface area contributed by atoms with Crippen LogP contribution in [0.25, 0.3) is 11.1 Å². The Kier molecular flexibility index (Phi) is 4.12. The van der Waals surface area contributed by atoms with Gasteiger partial charge in [-0.25, -0.2) is 0 Å². The van der Waals surface area contributed by atoms with Gasteiger partial charge < -0.3 is 0 Å². The van der Waals surface area contributed by atoms with Crippen molar-refractivity contribution in [2.45, 2.75) is 20.3 Å². The Morgan fingerprint density at radius 1 is 0.857 bits per heavy atom. The van der Waals surface area contributed by atoms with Crippen LogP contribution < -0.4 is 0 Å². The number of benzene rings is 2. The summed E-state index contributed by atoms with van der Waals surface area (Å²) in [5.74, 6) is 0. The van der Waals surface area contributed by atoms with Gasteiger partial charge in [-0.3, -0.25) is 0 Å². The third-order valence-electron chi connectivity index (χ3n) is 3.80. The van der Waals surface area contributed by atoms with Crippen molar-refractivity contribution in [2.24, 2.45) is 0 Å². The Morgan fingerprint density at radius 3 is 2.33 bits per heavy atom. The number of rotatable bonds is 2. The van der Waals surface area contributed by atoms with Gasteiger partial charge in [0.05, 0.1) is 0 Å². The van der Waals surface area contributed by atoms with Crippen molar-refractivity contribution in [1.29, 1.82) is 0 Å². The molecule has 2 aromatic rings. The molecule has 0 saturated heterocycles. The summed E-state index contributed by atoms with van der Waals surface area (Å²) in [6.45, 7) is 4.26. The molecule has 0 atom stereocenters. The average molecular weight is 338 g/mol. The molecule has 0 nitrogen and oxygen atoms in total. The highest BCUT2D eigenvalue weighted by Gasteiger charge is 2.17. The standard InChI is InChI=1S/C20H18Br/c1-14-9-11-16(12-10-14)20-18(7-4-8-19(20)21)17-6-3-5-15(2)13-17/h3,5-13H,4H2,1-2H3. The van der Waals surface area contributed by atoms with Gasteiger partial charge in [-0.2, -0.15) is 0 Å². The van der Waals surface area contributed by atoms with Crippen LogP contribution >= 0.6 is 15.9 Å². The van der Waals surface area contributed by atoms with E-state index in [-0.39, 0.29) is 0 Å². The second-order valence-corrected chi connectivity index (χ2v) is 6.37. The van der Waals surface area contributed by atoms with Crippen molar-refractivity contribution >= 4 is 27.1 Å². The highest BCUT2D eigenvalue weighted by molar-refractivity contribution is 9.12. The van der Waals surface area contributed by atoms with Gasteiger partial charge in [0.2, 0.25) is 0 Å². The second-order valence-electron chi connectivity index (χ2n) is 5.52. The smallest absolute Gasteiger partial charge is 0.0217 e. The largest absolute Gasteiger partial charge is 0.0690 e. The molecule has 0 aliphatic heterocycles. The van der Waals surface area contributed by atoms with Crippen molar-refractivity contribution in [3.05, 3.63) is 87.8 Å². The molecular formula is C20H18Br. The molecular weight excluding hydrogens is 320 g/mol. The molecule has 1 aliphatic carbocycles. The van der Waals surface area contributed by atoms with E-state index < -0.39 is 0 Å². The zero-order valence-corrected chi connectivity index (χ0v) is 13.9. The summed E-state index contributed by atoms with van der Waals surface area (Å²) in [6, 6.07) is 17.5. The lowest BCUT2D eigenvalue weighted by Crippen LogP contribution is -1.99. The number of hydrogen-bond donors (Lipinski definition) is 0. The van der Waals surface area contributed by atoms with Gasteiger partial charge in [0.25, 0.3) is 0 Å². The summed E-state index contributed by atoms with van der Waals surface area (Å²) in [4.78, 5) is 0. The quantitative estimate of drug-likeness (QED) is 0.620. The first-order valence-corrected chi connectivity index (χ1v) is 8.02. The highest BCUT2D eigenvalue weighted by atomic mass is 79.9. The topological polar surface area (TPSA) is 0 Å². The molecule has 1 aliphatic rings. The van der Waals surface area contributed by atoms with E-state index in [9.17, 15) is 0 Å². The lowest BCUT2D eigenvalue weighted by atomic mass is 9.87. The maximum absolute atomic E-state index is 3.75. The third kappa shape index (κ3) is 3.03. The fourth-order valence-corrected chi connectivity index (χ4v) is 3.33. The molecule has 0 heterocycles. The Hall–Kier alpha value is -1.60. The van der Waals surface area contributed by atoms with Gasteiger partial charge in [0.1, 0.15) is 0 Å². The minimum Gasteiger partial charge on any atom is -0.0690 e. The van der Waals surface area contributed by atoms with Crippen LogP contribution in [-0.2, 0) is 0 Å². The molecule has 3 rings (SSSR count). The minimum absolute atomic E-state index is 0.971. The number of hydrogen-bond acceptors (Lipinski definition) is 0. The zero-order valence-electron chi connectivity index (χ0n) is 12.4. The molecule has 0 bridgehead atoms. The van der Waals surface area contributed by atoms with E-state index in [0.717, 1.165) is 6.42 Å². The van der Waals surface area contributed by atoms with E-state index in [0.29, 0.717) is 0 Å². The van der Waals surface area contributed by atoms with Crippen LogP contribution in [0.3, 0.4) is 0 Å². The molecule has 1 radical (unpaired) electrons. The molecule has 0 amide bonds. The monoisotopic (exact) mass is 337 g/mol. The van der Waals surface area contributed by atoms with Crippen molar-refractivity contribution in [3.63, 3.8) is 0 Å². The van der Waals surface area contributed by atoms with Crippen LogP contribution in [0.15, 0.2) is 59.1 Å². The van der Waals surface area contributed by atoms with Crippen molar-refractivity contribution in [2.75, 3.05) is 0 Å². The summed E-state index contributed by atoms with van der Waals surface area (Å²) < 4.78 is 1.19. The molecule has 0 aromatic heterocycles. The normalized spacial score (nSPS) is 15.1. The lowest BCUT2D eigenvalue weighted by molar-refractivity contribution is 1.27. The van der Waals surface area contributed by atoms with E-state index in [2.05, 4.69) is 90.8 Å². The zero-order chi connectivity index (χ0) is 14.8. The van der Waals surface area contributed by atoms with Gasteiger partial charge in [0, 0.05) is 4.48 Å².